The molecule has 1 amide bonds. The Morgan fingerprint density at radius 2 is 1.81 bits per heavy atom. The lowest BCUT2D eigenvalue weighted by atomic mass is 10.1. The predicted octanol–water partition coefficient (Wildman–Crippen LogP) is 6.13. The molecule has 1 aliphatic heterocycles. The highest BCUT2D eigenvalue weighted by molar-refractivity contribution is 5.86. The third-order valence-electron chi connectivity index (χ3n) is 7.58. The van der Waals surface area contributed by atoms with E-state index in [1.54, 1.807) is 24.7 Å². The Morgan fingerprint density at radius 3 is 2.65 bits per heavy atom. The molecule has 2 aromatic carbocycles. The number of likely N-dealkylation sites (tertiary alicyclic amines) is 1. The minimum atomic E-state index is -1.38. The van der Waals surface area contributed by atoms with Crippen molar-refractivity contribution in [1.29, 1.82) is 0 Å². The molecule has 4 aromatic heterocycles. The summed E-state index contributed by atoms with van der Waals surface area (Å²) in [7, 11) is 0. The molecule has 0 spiro atoms. The van der Waals surface area contributed by atoms with Gasteiger partial charge >= 0.3 is 6.09 Å². The number of pyridine rings is 2. The van der Waals surface area contributed by atoms with Crippen LogP contribution in [-0.2, 0) is 11.3 Å². The van der Waals surface area contributed by atoms with Crippen molar-refractivity contribution in [3.05, 3.63) is 109 Å². The molecule has 1 aliphatic rings. The van der Waals surface area contributed by atoms with Crippen LogP contribution >= 0.6 is 0 Å². The lowest BCUT2D eigenvalue weighted by Crippen LogP contribution is -2.49. The van der Waals surface area contributed by atoms with E-state index in [4.69, 9.17) is 14.5 Å². The number of ether oxygens (including phenoxy) is 2. The number of rotatable bonds is 6. The summed E-state index contributed by atoms with van der Waals surface area (Å²) in [5, 5.41) is 0.874. The maximum absolute atomic E-state index is 15.3. The van der Waals surface area contributed by atoms with E-state index < -0.39 is 18.4 Å². The summed E-state index contributed by atoms with van der Waals surface area (Å²) in [5.41, 5.74) is 5.66. The Hall–Kier alpha value is -5.38. The number of imidazole rings is 1. The Morgan fingerprint density at radius 1 is 0.953 bits per heavy atom. The van der Waals surface area contributed by atoms with Gasteiger partial charge in [-0.2, -0.15) is 0 Å². The maximum Gasteiger partial charge on any atom is 0.410 e. The van der Waals surface area contributed by atoms with E-state index in [9.17, 15) is 4.79 Å². The second kappa shape index (κ2) is 11.5. The summed E-state index contributed by atoms with van der Waals surface area (Å²) in [5.74, 6) is 0.493. The van der Waals surface area contributed by atoms with Gasteiger partial charge in [0.2, 0.25) is 0 Å². The number of nitrogens with zero attached hydrogens (tertiary/aromatic N) is 6. The highest BCUT2D eigenvalue weighted by Crippen LogP contribution is 2.31. The van der Waals surface area contributed by atoms with Gasteiger partial charge in [-0.3, -0.25) is 4.40 Å². The zero-order valence-electron chi connectivity index (χ0n) is 23.1. The van der Waals surface area contributed by atoms with Gasteiger partial charge in [-0.25, -0.2) is 29.1 Å². The van der Waals surface area contributed by atoms with Crippen LogP contribution in [0, 0.1) is 0 Å². The molecular weight excluding hydrogens is 547 g/mol. The second-order valence-electron chi connectivity index (χ2n) is 10.4. The van der Waals surface area contributed by atoms with Gasteiger partial charge in [0, 0.05) is 42.5 Å². The molecule has 10 heteroatoms. The molecule has 0 aliphatic carbocycles. The topological polar surface area (TPSA) is 94.7 Å². The fourth-order valence-electron chi connectivity index (χ4n) is 5.31. The largest absolute Gasteiger partial charge is 0.485 e. The smallest absolute Gasteiger partial charge is 0.410 e. The number of aromatic nitrogens is 5. The van der Waals surface area contributed by atoms with Crippen molar-refractivity contribution in [2.45, 2.75) is 25.3 Å². The van der Waals surface area contributed by atoms with E-state index in [2.05, 4.69) is 15.0 Å². The third-order valence-corrected chi connectivity index (χ3v) is 7.58. The van der Waals surface area contributed by atoms with Gasteiger partial charge in [0.25, 0.3) is 0 Å². The summed E-state index contributed by atoms with van der Waals surface area (Å²) in [6, 6.07) is 22.9. The first-order valence-corrected chi connectivity index (χ1v) is 14.0. The van der Waals surface area contributed by atoms with E-state index in [1.165, 1.54) is 11.2 Å². The van der Waals surface area contributed by atoms with Gasteiger partial charge in [-0.1, -0.05) is 48.5 Å². The third kappa shape index (κ3) is 5.46. The van der Waals surface area contributed by atoms with Crippen molar-refractivity contribution in [3.8, 4) is 28.3 Å². The predicted molar refractivity (Wildman–Crippen MR) is 159 cm³/mol. The average molecular weight is 575 g/mol. The number of hydrogen-bond acceptors (Lipinski definition) is 7. The molecule has 0 N–H and O–H groups in total. The molecular formula is C33H27FN6O3. The van der Waals surface area contributed by atoms with Crippen molar-refractivity contribution in [2.24, 2.45) is 0 Å². The van der Waals surface area contributed by atoms with Crippen molar-refractivity contribution < 1.29 is 18.7 Å². The standard InChI is InChI=1S/C33H27FN6O3/c34-26-19-39(33(41)42-20-22-5-2-1-3-6-22)13-12-29(26)43-30-8-4-7-23-9-10-27(38-32(23)30)28-18-37-31-15-24(11-14-40(28)31)25-16-35-21-36-17-25/h1-11,14-18,21,26,29H,12-13,19-20H2. The summed E-state index contributed by atoms with van der Waals surface area (Å²) in [6.45, 7) is 0.383. The molecule has 1 fully saturated rings. The van der Waals surface area contributed by atoms with Crippen LogP contribution in [0.5, 0.6) is 5.75 Å². The fourth-order valence-corrected chi connectivity index (χ4v) is 5.31. The molecule has 6 aromatic rings. The number of piperidine rings is 1. The van der Waals surface area contributed by atoms with E-state index in [1.807, 2.05) is 77.3 Å². The zero-order chi connectivity index (χ0) is 29.2. The van der Waals surface area contributed by atoms with Gasteiger partial charge in [-0.05, 0) is 35.4 Å². The van der Waals surface area contributed by atoms with Gasteiger partial charge < -0.3 is 14.4 Å². The number of carbonyl (C=O) groups excluding carboxylic acids is 1. The summed E-state index contributed by atoms with van der Waals surface area (Å²) < 4.78 is 28.9. The molecule has 5 heterocycles. The molecule has 1 saturated heterocycles. The van der Waals surface area contributed by atoms with Crippen LogP contribution < -0.4 is 4.74 Å². The van der Waals surface area contributed by atoms with Gasteiger partial charge in [0.05, 0.1) is 24.1 Å². The molecule has 2 unspecified atom stereocenters. The summed E-state index contributed by atoms with van der Waals surface area (Å²) in [4.78, 5) is 31.7. The summed E-state index contributed by atoms with van der Waals surface area (Å²) in [6.07, 6.45) is 6.46. The Bertz CT molecular complexity index is 1900. The molecule has 9 nitrogen and oxygen atoms in total. The van der Waals surface area contributed by atoms with E-state index >= 15 is 4.39 Å². The zero-order valence-corrected chi connectivity index (χ0v) is 23.1. The van der Waals surface area contributed by atoms with E-state index in [-0.39, 0.29) is 13.2 Å². The second-order valence-corrected chi connectivity index (χ2v) is 10.4. The molecule has 0 bridgehead atoms. The Balaban J connectivity index is 1.08. The van der Waals surface area contributed by atoms with Crippen molar-refractivity contribution in [3.63, 3.8) is 0 Å². The molecule has 214 valence electrons. The first-order chi connectivity index (χ1) is 21.1. The van der Waals surface area contributed by atoms with E-state index in [0.29, 0.717) is 29.9 Å². The van der Waals surface area contributed by atoms with Crippen LogP contribution in [0.25, 0.3) is 39.1 Å². The van der Waals surface area contributed by atoms with Crippen LogP contribution in [0.4, 0.5) is 9.18 Å². The van der Waals surface area contributed by atoms with Crippen LogP contribution in [-0.4, -0.2) is 60.7 Å². The first kappa shape index (κ1) is 26.5. The SMILES string of the molecule is O=C(OCc1ccccc1)N1CCC(Oc2cccc3ccc(-c4cnc5cc(-c6cncnc6)ccn45)nc23)C(F)C1. The van der Waals surface area contributed by atoms with Crippen LogP contribution in [0.2, 0.25) is 0 Å². The number of amides is 1. The number of para-hydroxylation sites is 1. The van der Waals surface area contributed by atoms with Gasteiger partial charge in [-0.15, -0.1) is 0 Å². The molecule has 0 saturated carbocycles. The van der Waals surface area contributed by atoms with Crippen molar-refractivity contribution in [2.75, 3.05) is 13.1 Å². The minimum Gasteiger partial charge on any atom is -0.485 e. The van der Waals surface area contributed by atoms with E-state index in [0.717, 1.165) is 33.4 Å². The lowest BCUT2D eigenvalue weighted by molar-refractivity contribution is 0.0153. The fraction of sp³-hybridized carbons (Fsp3) is 0.182. The number of fused-ring (bicyclic) bond motifs is 2. The number of carbonyl (C=O) groups is 1. The quantitative estimate of drug-likeness (QED) is 0.236. The molecule has 2 atom stereocenters. The van der Waals surface area contributed by atoms with Gasteiger partial charge in [0.1, 0.15) is 36.0 Å². The normalized spacial score (nSPS) is 16.8. The van der Waals surface area contributed by atoms with Gasteiger partial charge in [0.15, 0.2) is 6.17 Å². The first-order valence-electron chi connectivity index (χ1n) is 14.0. The Labute approximate surface area is 246 Å². The maximum atomic E-state index is 15.3. The number of benzene rings is 2. The minimum absolute atomic E-state index is 0.0966. The lowest BCUT2D eigenvalue weighted by Gasteiger charge is -2.34. The van der Waals surface area contributed by atoms with Crippen LogP contribution in [0.15, 0.2) is 104 Å². The molecule has 0 radical (unpaired) electrons. The van der Waals surface area contributed by atoms with Crippen LogP contribution in [0.3, 0.4) is 0 Å². The number of halogens is 1. The van der Waals surface area contributed by atoms with Crippen molar-refractivity contribution >= 4 is 22.6 Å². The highest BCUT2D eigenvalue weighted by atomic mass is 19.1. The van der Waals surface area contributed by atoms with Crippen molar-refractivity contribution in [1.82, 2.24) is 29.2 Å². The summed E-state index contributed by atoms with van der Waals surface area (Å²) >= 11 is 0. The number of alkyl halides is 1. The monoisotopic (exact) mass is 574 g/mol. The highest BCUT2D eigenvalue weighted by Gasteiger charge is 2.34. The number of hydrogen-bond donors (Lipinski definition) is 0. The molecule has 7 rings (SSSR count). The average Bonchev–Trinajstić information content (AvgIpc) is 3.49. The van der Waals surface area contributed by atoms with Crippen LogP contribution in [0.1, 0.15) is 12.0 Å². The Kier molecular flexibility index (Phi) is 7.08. The molecule has 43 heavy (non-hydrogen) atoms.